The standard InChI is InChI=1S/C26H30Cl2N4OS/c1-19-12-14-31(15-13-19)25(33)9-5-6-16-34-26-30-29-24(17-20-7-3-2-4-8-20)32(26)21-10-11-22(27)23(28)18-21/h2-4,7-8,10-11,18-19H,5-6,9,12-17H2,1H3. The molecular formula is C26H30Cl2N4OS. The molecule has 2 heterocycles. The van der Waals surface area contributed by atoms with Crippen LogP contribution >= 0.6 is 35.0 Å². The van der Waals surface area contributed by atoms with Gasteiger partial charge in [0.25, 0.3) is 0 Å². The number of thioether (sulfide) groups is 1. The van der Waals surface area contributed by atoms with Gasteiger partial charge < -0.3 is 4.90 Å². The SMILES string of the molecule is CC1CCN(C(=O)CCCCSc2nnc(Cc3ccccc3)n2-c2ccc(Cl)c(Cl)c2)CC1. The van der Waals surface area contributed by atoms with Crippen LogP contribution in [0.25, 0.3) is 5.69 Å². The number of nitrogens with zero attached hydrogens (tertiary/aromatic N) is 4. The molecule has 0 radical (unpaired) electrons. The molecule has 0 aliphatic carbocycles. The van der Waals surface area contributed by atoms with Gasteiger partial charge in [-0.2, -0.15) is 0 Å². The highest BCUT2D eigenvalue weighted by atomic mass is 35.5. The van der Waals surface area contributed by atoms with E-state index in [2.05, 4.69) is 33.8 Å². The molecule has 5 nitrogen and oxygen atoms in total. The van der Waals surface area contributed by atoms with Crippen LogP contribution in [0, 0.1) is 5.92 Å². The van der Waals surface area contributed by atoms with Crippen LogP contribution < -0.4 is 0 Å². The van der Waals surface area contributed by atoms with Crippen LogP contribution in [0.1, 0.15) is 50.4 Å². The van der Waals surface area contributed by atoms with E-state index in [-0.39, 0.29) is 0 Å². The molecule has 3 aromatic rings. The van der Waals surface area contributed by atoms with Crippen LogP contribution in [0.5, 0.6) is 0 Å². The Hall–Kier alpha value is -2.02. The molecular weight excluding hydrogens is 487 g/mol. The van der Waals surface area contributed by atoms with Crippen molar-refractivity contribution in [3.8, 4) is 5.69 Å². The highest BCUT2D eigenvalue weighted by Gasteiger charge is 2.20. The van der Waals surface area contributed by atoms with E-state index < -0.39 is 0 Å². The topological polar surface area (TPSA) is 51.0 Å². The fraction of sp³-hybridized carbons (Fsp3) is 0.423. The van der Waals surface area contributed by atoms with Gasteiger partial charge in [0.1, 0.15) is 5.82 Å². The van der Waals surface area contributed by atoms with Crippen molar-refractivity contribution in [3.05, 3.63) is 70.0 Å². The van der Waals surface area contributed by atoms with Crippen LogP contribution in [-0.4, -0.2) is 44.4 Å². The summed E-state index contributed by atoms with van der Waals surface area (Å²) in [6, 6.07) is 15.8. The van der Waals surface area contributed by atoms with Crippen molar-refractivity contribution in [2.24, 2.45) is 5.92 Å². The smallest absolute Gasteiger partial charge is 0.222 e. The van der Waals surface area contributed by atoms with Gasteiger partial charge in [0.2, 0.25) is 5.91 Å². The van der Waals surface area contributed by atoms with E-state index in [0.29, 0.717) is 28.8 Å². The number of carbonyl (C=O) groups is 1. The second-order valence-corrected chi connectivity index (χ2v) is 10.7. The minimum Gasteiger partial charge on any atom is -0.343 e. The fourth-order valence-corrected chi connectivity index (χ4v) is 5.39. The number of amides is 1. The molecule has 1 saturated heterocycles. The highest BCUT2D eigenvalue weighted by molar-refractivity contribution is 7.99. The summed E-state index contributed by atoms with van der Waals surface area (Å²) < 4.78 is 2.06. The van der Waals surface area contributed by atoms with E-state index in [1.165, 1.54) is 5.56 Å². The number of piperidine rings is 1. The molecule has 2 aromatic carbocycles. The molecule has 1 fully saturated rings. The molecule has 1 aliphatic rings. The van der Waals surface area contributed by atoms with E-state index in [4.69, 9.17) is 23.2 Å². The van der Waals surface area contributed by atoms with Crippen LogP contribution in [-0.2, 0) is 11.2 Å². The number of hydrogen-bond donors (Lipinski definition) is 0. The molecule has 0 unspecified atom stereocenters. The van der Waals surface area contributed by atoms with E-state index in [1.807, 2.05) is 35.2 Å². The molecule has 8 heteroatoms. The molecule has 1 aliphatic heterocycles. The van der Waals surface area contributed by atoms with Gasteiger partial charge >= 0.3 is 0 Å². The number of aromatic nitrogens is 3. The zero-order chi connectivity index (χ0) is 23.9. The molecule has 1 aromatic heterocycles. The first-order valence-corrected chi connectivity index (χ1v) is 13.6. The minimum absolute atomic E-state index is 0.293. The Morgan fingerprint density at radius 1 is 1.03 bits per heavy atom. The Morgan fingerprint density at radius 2 is 1.79 bits per heavy atom. The Kier molecular flexibility index (Phi) is 8.92. The van der Waals surface area contributed by atoms with Crippen molar-refractivity contribution in [2.45, 2.75) is 50.6 Å². The van der Waals surface area contributed by atoms with Crippen molar-refractivity contribution < 1.29 is 4.79 Å². The first-order valence-electron chi connectivity index (χ1n) is 11.9. The third-order valence-electron chi connectivity index (χ3n) is 6.22. The Morgan fingerprint density at radius 3 is 2.53 bits per heavy atom. The maximum Gasteiger partial charge on any atom is 0.222 e. The number of unbranched alkanes of at least 4 members (excludes halogenated alkanes) is 1. The van der Waals surface area contributed by atoms with Gasteiger partial charge in [-0.3, -0.25) is 9.36 Å². The first kappa shape index (κ1) is 25.1. The normalized spacial score (nSPS) is 14.5. The van der Waals surface area contributed by atoms with Crippen molar-refractivity contribution in [1.82, 2.24) is 19.7 Å². The number of rotatable bonds is 9. The number of hydrogen-bond acceptors (Lipinski definition) is 4. The summed E-state index contributed by atoms with van der Waals surface area (Å²) in [7, 11) is 0. The molecule has 180 valence electrons. The number of carbonyl (C=O) groups excluding carboxylic acids is 1. The lowest BCUT2D eigenvalue weighted by atomic mass is 9.99. The van der Waals surface area contributed by atoms with Gasteiger partial charge in [-0.05, 0) is 55.4 Å². The lowest BCUT2D eigenvalue weighted by Crippen LogP contribution is -2.37. The molecule has 0 bridgehead atoms. The van der Waals surface area contributed by atoms with Crippen molar-refractivity contribution in [1.29, 1.82) is 0 Å². The molecule has 1 amide bonds. The number of likely N-dealkylation sites (tertiary alicyclic amines) is 1. The lowest BCUT2D eigenvalue weighted by Gasteiger charge is -2.30. The van der Waals surface area contributed by atoms with Gasteiger partial charge in [-0.1, -0.05) is 72.2 Å². The largest absolute Gasteiger partial charge is 0.343 e. The molecule has 4 rings (SSSR count). The van der Waals surface area contributed by atoms with Gasteiger partial charge in [0.05, 0.1) is 15.7 Å². The summed E-state index contributed by atoms with van der Waals surface area (Å²) in [4.78, 5) is 14.5. The lowest BCUT2D eigenvalue weighted by molar-refractivity contribution is -0.132. The molecule has 34 heavy (non-hydrogen) atoms. The van der Waals surface area contributed by atoms with Gasteiger partial charge in [0, 0.05) is 31.7 Å². The van der Waals surface area contributed by atoms with Gasteiger partial charge in [0.15, 0.2) is 5.16 Å². The van der Waals surface area contributed by atoms with Gasteiger partial charge in [-0.25, -0.2) is 0 Å². The summed E-state index contributed by atoms with van der Waals surface area (Å²) in [5.41, 5.74) is 2.06. The van der Waals surface area contributed by atoms with Crippen molar-refractivity contribution in [3.63, 3.8) is 0 Å². The van der Waals surface area contributed by atoms with Crippen LogP contribution in [0.4, 0.5) is 0 Å². The quantitative estimate of drug-likeness (QED) is 0.235. The fourth-order valence-electron chi connectivity index (χ4n) is 4.13. The average molecular weight is 518 g/mol. The summed E-state index contributed by atoms with van der Waals surface area (Å²) in [6.07, 6.45) is 5.36. The Labute approximate surface area is 215 Å². The zero-order valence-electron chi connectivity index (χ0n) is 19.4. The summed E-state index contributed by atoms with van der Waals surface area (Å²) in [5, 5.41) is 10.8. The van der Waals surface area contributed by atoms with E-state index in [0.717, 1.165) is 67.1 Å². The summed E-state index contributed by atoms with van der Waals surface area (Å²) >= 11 is 14.1. The molecule has 0 atom stereocenters. The summed E-state index contributed by atoms with van der Waals surface area (Å²) in [6.45, 7) is 4.08. The molecule has 0 spiro atoms. The first-order chi connectivity index (χ1) is 16.5. The van der Waals surface area contributed by atoms with E-state index >= 15 is 0 Å². The van der Waals surface area contributed by atoms with E-state index in [9.17, 15) is 4.79 Å². The maximum absolute atomic E-state index is 12.5. The van der Waals surface area contributed by atoms with Gasteiger partial charge in [-0.15, -0.1) is 10.2 Å². The molecule has 0 N–H and O–H groups in total. The van der Waals surface area contributed by atoms with Crippen LogP contribution in [0.15, 0.2) is 53.7 Å². The number of halogens is 2. The number of benzene rings is 2. The average Bonchev–Trinajstić information content (AvgIpc) is 3.23. The van der Waals surface area contributed by atoms with Crippen molar-refractivity contribution in [2.75, 3.05) is 18.8 Å². The maximum atomic E-state index is 12.5. The van der Waals surface area contributed by atoms with Crippen LogP contribution in [0.3, 0.4) is 0 Å². The Balaban J connectivity index is 1.39. The van der Waals surface area contributed by atoms with Crippen LogP contribution in [0.2, 0.25) is 10.0 Å². The predicted octanol–water partition coefficient (Wildman–Crippen LogP) is 6.69. The predicted molar refractivity (Wildman–Crippen MR) is 140 cm³/mol. The monoisotopic (exact) mass is 516 g/mol. The Bertz CT molecular complexity index is 1100. The zero-order valence-corrected chi connectivity index (χ0v) is 21.7. The summed E-state index contributed by atoms with van der Waals surface area (Å²) in [5.74, 6) is 2.75. The minimum atomic E-state index is 0.293. The third kappa shape index (κ3) is 6.55. The highest BCUT2D eigenvalue weighted by Crippen LogP contribution is 2.29. The van der Waals surface area contributed by atoms with Crippen molar-refractivity contribution >= 4 is 40.9 Å². The van der Waals surface area contributed by atoms with E-state index in [1.54, 1.807) is 17.8 Å². The molecule has 0 saturated carbocycles. The second-order valence-electron chi connectivity index (χ2n) is 8.86. The second kappa shape index (κ2) is 12.1. The third-order valence-corrected chi connectivity index (χ3v) is 7.97.